The van der Waals surface area contributed by atoms with Gasteiger partial charge in [0.15, 0.2) is 17.9 Å². The highest BCUT2D eigenvalue weighted by Crippen LogP contribution is 2.31. The van der Waals surface area contributed by atoms with Crippen molar-refractivity contribution in [3.8, 4) is 11.5 Å². The number of ether oxygens (including phenoxy) is 1. The Morgan fingerprint density at radius 1 is 1.30 bits per heavy atom. The van der Waals surface area contributed by atoms with E-state index >= 15 is 0 Å². The summed E-state index contributed by atoms with van der Waals surface area (Å²) in [7, 11) is 0. The molecule has 2 rings (SSSR count). The Bertz CT molecular complexity index is 685. The van der Waals surface area contributed by atoms with Gasteiger partial charge < -0.3 is 4.74 Å². The number of aldehydes is 1. The number of aryl methyl sites for hydroxylation is 1. The van der Waals surface area contributed by atoms with Crippen molar-refractivity contribution in [2.75, 3.05) is 0 Å². The van der Waals surface area contributed by atoms with Gasteiger partial charge in [-0.2, -0.15) is 0 Å². The molecule has 0 aliphatic heterocycles. The second-order valence-corrected chi connectivity index (χ2v) is 4.09. The van der Waals surface area contributed by atoms with Crippen molar-refractivity contribution in [1.29, 1.82) is 0 Å². The van der Waals surface area contributed by atoms with Crippen molar-refractivity contribution in [2.24, 2.45) is 0 Å². The van der Waals surface area contributed by atoms with Crippen LogP contribution in [0, 0.1) is 22.9 Å². The number of hydrogen-bond donors (Lipinski definition) is 0. The number of nitrogens with zero attached hydrogens (tertiary/aromatic N) is 1. The van der Waals surface area contributed by atoms with Crippen LogP contribution >= 0.6 is 0 Å². The molecule has 102 valence electrons. The number of nitro groups is 1. The minimum absolute atomic E-state index is 0.0720. The van der Waals surface area contributed by atoms with Gasteiger partial charge in [-0.05, 0) is 30.7 Å². The molecule has 0 heterocycles. The summed E-state index contributed by atoms with van der Waals surface area (Å²) >= 11 is 0. The summed E-state index contributed by atoms with van der Waals surface area (Å²) in [4.78, 5) is 21.0. The number of halogens is 1. The van der Waals surface area contributed by atoms with Crippen LogP contribution in [0.25, 0.3) is 0 Å². The third-order valence-corrected chi connectivity index (χ3v) is 2.71. The summed E-state index contributed by atoms with van der Waals surface area (Å²) in [5.41, 5.74) is 0.459. The minimum atomic E-state index is -0.674. The zero-order chi connectivity index (χ0) is 14.7. The molecule has 5 nitrogen and oxygen atoms in total. The number of non-ortho nitro benzene ring substituents is 1. The van der Waals surface area contributed by atoms with E-state index in [1.54, 1.807) is 6.92 Å². The fourth-order valence-corrected chi connectivity index (χ4v) is 1.70. The molecule has 0 unspecified atom stereocenters. The molecule has 0 atom stereocenters. The molecule has 0 spiro atoms. The number of rotatable bonds is 4. The van der Waals surface area contributed by atoms with Crippen molar-refractivity contribution >= 4 is 12.0 Å². The van der Waals surface area contributed by atoms with E-state index in [-0.39, 0.29) is 22.7 Å². The van der Waals surface area contributed by atoms with Crippen LogP contribution in [0.2, 0.25) is 0 Å². The summed E-state index contributed by atoms with van der Waals surface area (Å²) in [5.74, 6) is -0.615. The first-order valence-corrected chi connectivity index (χ1v) is 5.69. The molecule has 2 aromatic carbocycles. The van der Waals surface area contributed by atoms with Crippen LogP contribution in [0.4, 0.5) is 10.1 Å². The quantitative estimate of drug-likeness (QED) is 0.485. The van der Waals surface area contributed by atoms with E-state index in [0.29, 0.717) is 11.8 Å². The average molecular weight is 275 g/mol. The van der Waals surface area contributed by atoms with Gasteiger partial charge in [-0.3, -0.25) is 14.9 Å². The summed E-state index contributed by atoms with van der Waals surface area (Å²) < 4.78 is 19.0. The summed E-state index contributed by atoms with van der Waals surface area (Å²) in [5, 5.41) is 10.6. The fraction of sp³-hybridized carbons (Fsp3) is 0.0714. The van der Waals surface area contributed by atoms with E-state index < -0.39 is 10.7 Å². The summed E-state index contributed by atoms with van der Waals surface area (Å²) in [6, 6.07) is 7.93. The van der Waals surface area contributed by atoms with Gasteiger partial charge in [0.25, 0.3) is 5.69 Å². The van der Waals surface area contributed by atoms with Crippen LogP contribution in [0.1, 0.15) is 15.9 Å². The Morgan fingerprint density at radius 2 is 2.05 bits per heavy atom. The maximum atomic E-state index is 13.7. The highest BCUT2D eigenvalue weighted by Gasteiger charge is 2.14. The lowest BCUT2D eigenvalue weighted by molar-refractivity contribution is -0.384. The van der Waals surface area contributed by atoms with Crippen molar-refractivity contribution in [1.82, 2.24) is 0 Å². The molecule has 0 radical (unpaired) electrons. The molecular weight excluding hydrogens is 265 g/mol. The predicted octanol–water partition coefficient (Wildman–Crippen LogP) is 3.65. The van der Waals surface area contributed by atoms with Crippen LogP contribution in [-0.2, 0) is 0 Å². The van der Waals surface area contributed by atoms with E-state index in [4.69, 9.17) is 4.74 Å². The second-order valence-electron chi connectivity index (χ2n) is 4.09. The molecule has 6 heteroatoms. The first-order valence-electron chi connectivity index (χ1n) is 5.69. The average Bonchev–Trinajstić information content (AvgIpc) is 2.42. The Morgan fingerprint density at radius 3 is 2.65 bits per heavy atom. The van der Waals surface area contributed by atoms with Crippen LogP contribution < -0.4 is 4.74 Å². The van der Waals surface area contributed by atoms with Crippen molar-refractivity contribution < 1.29 is 18.8 Å². The van der Waals surface area contributed by atoms with Gasteiger partial charge in [-0.1, -0.05) is 6.07 Å². The SMILES string of the molecule is Cc1cc([N+](=O)[O-])ccc1Oc1c(F)cccc1C=O. The Balaban J connectivity index is 2.40. The molecule has 0 amide bonds. The molecule has 20 heavy (non-hydrogen) atoms. The van der Waals surface area contributed by atoms with E-state index in [9.17, 15) is 19.3 Å². The molecule has 0 aliphatic rings. The number of carbonyl (C=O) groups excluding carboxylic acids is 1. The first-order chi connectivity index (χ1) is 9.52. The topological polar surface area (TPSA) is 69.4 Å². The molecule has 0 saturated heterocycles. The molecule has 0 bridgehead atoms. The van der Waals surface area contributed by atoms with E-state index in [2.05, 4.69) is 0 Å². The highest BCUT2D eigenvalue weighted by molar-refractivity contribution is 5.79. The smallest absolute Gasteiger partial charge is 0.269 e. The van der Waals surface area contributed by atoms with Crippen molar-refractivity contribution in [2.45, 2.75) is 6.92 Å². The predicted molar refractivity (Wildman–Crippen MR) is 69.7 cm³/mol. The molecule has 0 N–H and O–H groups in total. The Kier molecular flexibility index (Phi) is 3.74. The number of benzene rings is 2. The lowest BCUT2D eigenvalue weighted by Crippen LogP contribution is -1.96. The lowest BCUT2D eigenvalue weighted by Gasteiger charge is -2.10. The maximum Gasteiger partial charge on any atom is 0.269 e. The Labute approximate surface area is 113 Å². The highest BCUT2D eigenvalue weighted by atomic mass is 19.1. The zero-order valence-electron chi connectivity index (χ0n) is 10.5. The number of para-hydroxylation sites is 1. The first kappa shape index (κ1) is 13.7. The molecule has 2 aromatic rings. The van der Waals surface area contributed by atoms with Gasteiger partial charge in [-0.25, -0.2) is 4.39 Å². The molecule has 0 aliphatic carbocycles. The molecule has 0 saturated carbocycles. The third kappa shape index (κ3) is 2.64. The van der Waals surface area contributed by atoms with Gasteiger partial charge in [0.1, 0.15) is 5.75 Å². The normalized spacial score (nSPS) is 10.1. The Hall–Kier alpha value is -2.76. The monoisotopic (exact) mass is 275 g/mol. The van der Waals surface area contributed by atoms with Gasteiger partial charge in [0.2, 0.25) is 0 Å². The van der Waals surface area contributed by atoms with Crippen LogP contribution in [0.5, 0.6) is 11.5 Å². The van der Waals surface area contributed by atoms with Crippen LogP contribution in [-0.4, -0.2) is 11.2 Å². The second kappa shape index (κ2) is 5.48. The molecule has 0 aromatic heterocycles. The van der Waals surface area contributed by atoms with Crippen molar-refractivity contribution in [3.05, 3.63) is 63.5 Å². The van der Waals surface area contributed by atoms with Crippen molar-refractivity contribution in [3.63, 3.8) is 0 Å². The van der Waals surface area contributed by atoms with Gasteiger partial charge in [0.05, 0.1) is 10.5 Å². The number of nitro benzene ring substituents is 1. The summed E-state index contributed by atoms with van der Waals surface area (Å²) in [6.45, 7) is 1.60. The zero-order valence-corrected chi connectivity index (χ0v) is 10.5. The van der Waals surface area contributed by atoms with E-state index in [1.807, 2.05) is 0 Å². The van der Waals surface area contributed by atoms with Crippen LogP contribution in [0.15, 0.2) is 36.4 Å². The fourth-order valence-electron chi connectivity index (χ4n) is 1.70. The molecule has 0 fully saturated rings. The molecular formula is C14H10FNO4. The van der Waals surface area contributed by atoms with E-state index in [1.165, 1.54) is 36.4 Å². The standard InChI is InChI=1S/C14H10FNO4/c1-9-7-11(16(18)19)5-6-13(9)20-14-10(8-17)3-2-4-12(14)15/h2-8H,1H3. The van der Waals surface area contributed by atoms with Gasteiger partial charge >= 0.3 is 0 Å². The summed E-state index contributed by atoms with van der Waals surface area (Å²) in [6.07, 6.45) is 0.485. The van der Waals surface area contributed by atoms with Gasteiger partial charge in [0, 0.05) is 12.1 Å². The van der Waals surface area contributed by atoms with E-state index in [0.717, 1.165) is 0 Å². The number of hydrogen-bond acceptors (Lipinski definition) is 4. The van der Waals surface area contributed by atoms with Gasteiger partial charge in [-0.15, -0.1) is 0 Å². The maximum absolute atomic E-state index is 13.7. The largest absolute Gasteiger partial charge is 0.453 e. The number of carbonyl (C=O) groups is 1. The lowest BCUT2D eigenvalue weighted by atomic mass is 10.2. The third-order valence-electron chi connectivity index (χ3n) is 2.71. The van der Waals surface area contributed by atoms with Crippen LogP contribution in [0.3, 0.4) is 0 Å². The minimum Gasteiger partial charge on any atom is -0.453 e.